The van der Waals surface area contributed by atoms with Crippen molar-refractivity contribution in [2.45, 2.75) is 6.92 Å². The quantitative estimate of drug-likeness (QED) is 0.756. The van der Waals surface area contributed by atoms with Crippen LogP contribution < -0.4 is 15.4 Å². The van der Waals surface area contributed by atoms with Crippen LogP contribution in [0.2, 0.25) is 0 Å². The van der Waals surface area contributed by atoms with Gasteiger partial charge >= 0.3 is 6.03 Å². The third kappa shape index (κ3) is 3.58. The number of para-hydroxylation sites is 1. The van der Waals surface area contributed by atoms with E-state index in [-0.39, 0.29) is 6.03 Å². The number of nitrogens with zero attached hydrogens (tertiary/aromatic N) is 1. The fraction of sp³-hybridized carbons (Fsp3) is 0.111. The van der Waals surface area contributed by atoms with Crippen molar-refractivity contribution >= 4 is 28.3 Å². The van der Waals surface area contributed by atoms with Crippen LogP contribution in [0.15, 0.2) is 60.8 Å². The smallest absolute Gasteiger partial charge is 0.323 e. The molecule has 1 heterocycles. The number of amides is 2. The number of fused-ring (bicyclic) bond motifs is 1. The van der Waals surface area contributed by atoms with Crippen LogP contribution in [0, 0.1) is 0 Å². The van der Waals surface area contributed by atoms with Gasteiger partial charge in [-0.1, -0.05) is 24.3 Å². The molecular formula is C18H17N3O2. The lowest BCUT2D eigenvalue weighted by atomic mass is 10.2. The van der Waals surface area contributed by atoms with E-state index in [2.05, 4.69) is 15.6 Å². The summed E-state index contributed by atoms with van der Waals surface area (Å²) in [7, 11) is 0. The summed E-state index contributed by atoms with van der Waals surface area (Å²) >= 11 is 0. The molecule has 3 aromatic rings. The summed E-state index contributed by atoms with van der Waals surface area (Å²) in [4.78, 5) is 16.5. The number of nitrogens with one attached hydrogen (secondary N) is 2. The summed E-state index contributed by atoms with van der Waals surface area (Å²) in [6.45, 7) is 2.50. The van der Waals surface area contributed by atoms with Crippen molar-refractivity contribution in [1.82, 2.24) is 4.98 Å². The minimum atomic E-state index is -0.310. The van der Waals surface area contributed by atoms with E-state index in [0.29, 0.717) is 18.0 Å². The molecule has 0 aliphatic rings. The number of pyridine rings is 1. The molecule has 0 aliphatic heterocycles. The molecule has 23 heavy (non-hydrogen) atoms. The highest BCUT2D eigenvalue weighted by atomic mass is 16.5. The summed E-state index contributed by atoms with van der Waals surface area (Å²) in [6.07, 6.45) is 1.67. The Hall–Kier alpha value is -3.08. The molecule has 0 saturated heterocycles. The Labute approximate surface area is 134 Å². The zero-order valence-electron chi connectivity index (χ0n) is 12.7. The van der Waals surface area contributed by atoms with E-state index >= 15 is 0 Å². The highest BCUT2D eigenvalue weighted by Crippen LogP contribution is 2.22. The highest BCUT2D eigenvalue weighted by Gasteiger charge is 2.07. The third-order valence-electron chi connectivity index (χ3n) is 3.30. The average molecular weight is 307 g/mol. The molecule has 0 bridgehead atoms. The topological polar surface area (TPSA) is 63.2 Å². The molecule has 0 saturated carbocycles. The molecule has 1 aromatic heterocycles. The maximum Gasteiger partial charge on any atom is 0.323 e. The molecule has 0 unspecified atom stereocenters. The summed E-state index contributed by atoms with van der Waals surface area (Å²) < 4.78 is 5.42. The Morgan fingerprint density at radius 1 is 1.09 bits per heavy atom. The molecule has 0 fully saturated rings. The summed E-state index contributed by atoms with van der Waals surface area (Å²) in [5.41, 5.74) is 2.23. The van der Waals surface area contributed by atoms with E-state index in [1.165, 1.54) is 0 Å². The standard InChI is InChI=1S/C18H17N3O2/c1-2-23-14-7-5-6-13(12-14)20-18(22)21-17-10-11-19-16-9-4-3-8-15(16)17/h3-12H,2H2,1H3,(H2,19,20,21,22). The maximum atomic E-state index is 12.2. The Bertz CT molecular complexity index is 828. The number of aromatic nitrogens is 1. The van der Waals surface area contributed by atoms with Gasteiger partial charge in [-0.15, -0.1) is 0 Å². The lowest BCUT2D eigenvalue weighted by molar-refractivity contribution is 0.262. The first-order chi connectivity index (χ1) is 11.3. The molecule has 2 N–H and O–H groups in total. The van der Waals surface area contributed by atoms with Crippen molar-refractivity contribution in [2.75, 3.05) is 17.2 Å². The van der Waals surface area contributed by atoms with Crippen LogP contribution in [-0.2, 0) is 0 Å². The van der Waals surface area contributed by atoms with Gasteiger partial charge in [-0.25, -0.2) is 4.79 Å². The molecule has 3 rings (SSSR count). The number of urea groups is 1. The second-order valence-electron chi connectivity index (χ2n) is 4.92. The summed E-state index contributed by atoms with van der Waals surface area (Å²) in [5.74, 6) is 0.722. The van der Waals surface area contributed by atoms with Crippen LogP contribution in [0.25, 0.3) is 10.9 Å². The second kappa shape index (κ2) is 6.79. The molecule has 0 atom stereocenters. The van der Waals surface area contributed by atoms with Crippen LogP contribution in [0.5, 0.6) is 5.75 Å². The zero-order valence-corrected chi connectivity index (χ0v) is 12.7. The van der Waals surface area contributed by atoms with Gasteiger partial charge < -0.3 is 15.4 Å². The fourth-order valence-corrected chi connectivity index (χ4v) is 2.32. The number of hydrogen-bond acceptors (Lipinski definition) is 3. The first kappa shape index (κ1) is 14.8. The SMILES string of the molecule is CCOc1cccc(NC(=O)Nc2ccnc3ccccc23)c1. The highest BCUT2D eigenvalue weighted by molar-refractivity contribution is 6.05. The van der Waals surface area contributed by atoms with Gasteiger partial charge in [0, 0.05) is 23.3 Å². The number of anilines is 2. The summed E-state index contributed by atoms with van der Waals surface area (Å²) in [5, 5.41) is 6.55. The average Bonchev–Trinajstić information content (AvgIpc) is 2.56. The van der Waals surface area contributed by atoms with E-state index in [1.54, 1.807) is 18.3 Å². The van der Waals surface area contributed by atoms with E-state index in [4.69, 9.17) is 4.74 Å². The predicted molar refractivity (Wildman–Crippen MR) is 92.0 cm³/mol. The first-order valence-electron chi connectivity index (χ1n) is 7.41. The monoisotopic (exact) mass is 307 g/mol. The van der Waals surface area contributed by atoms with Crippen LogP contribution in [0.4, 0.5) is 16.2 Å². The fourth-order valence-electron chi connectivity index (χ4n) is 2.32. The summed E-state index contributed by atoms with van der Waals surface area (Å²) in [6, 6.07) is 16.4. The minimum absolute atomic E-state index is 0.310. The molecule has 5 heteroatoms. The zero-order chi connectivity index (χ0) is 16.1. The van der Waals surface area contributed by atoms with E-state index in [0.717, 1.165) is 16.7 Å². The largest absolute Gasteiger partial charge is 0.494 e. The number of carbonyl (C=O) groups is 1. The van der Waals surface area contributed by atoms with Gasteiger partial charge in [0.05, 0.1) is 17.8 Å². The van der Waals surface area contributed by atoms with Gasteiger partial charge in [0.15, 0.2) is 0 Å². The lowest BCUT2D eigenvalue weighted by Gasteiger charge is -2.10. The Morgan fingerprint density at radius 2 is 1.96 bits per heavy atom. The van der Waals surface area contributed by atoms with Crippen molar-refractivity contribution in [3.63, 3.8) is 0 Å². The maximum absolute atomic E-state index is 12.2. The van der Waals surface area contributed by atoms with Gasteiger partial charge in [0.25, 0.3) is 0 Å². The molecule has 0 radical (unpaired) electrons. The Balaban J connectivity index is 1.75. The third-order valence-corrected chi connectivity index (χ3v) is 3.30. The van der Waals surface area contributed by atoms with Crippen LogP contribution in [0.3, 0.4) is 0 Å². The molecule has 116 valence electrons. The minimum Gasteiger partial charge on any atom is -0.494 e. The van der Waals surface area contributed by atoms with Gasteiger partial charge in [-0.05, 0) is 31.2 Å². The van der Waals surface area contributed by atoms with Gasteiger partial charge in [0.2, 0.25) is 0 Å². The van der Waals surface area contributed by atoms with Crippen LogP contribution in [-0.4, -0.2) is 17.6 Å². The second-order valence-corrected chi connectivity index (χ2v) is 4.92. The predicted octanol–water partition coefficient (Wildman–Crippen LogP) is 4.28. The van der Waals surface area contributed by atoms with Crippen molar-refractivity contribution in [1.29, 1.82) is 0 Å². The number of carbonyl (C=O) groups excluding carboxylic acids is 1. The molecule has 5 nitrogen and oxygen atoms in total. The normalized spacial score (nSPS) is 10.3. The van der Waals surface area contributed by atoms with Gasteiger partial charge in [-0.3, -0.25) is 4.98 Å². The van der Waals surface area contributed by atoms with Crippen LogP contribution in [0.1, 0.15) is 6.92 Å². The molecule has 0 spiro atoms. The first-order valence-corrected chi connectivity index (χ1v) is 7.41. The molecular weight excluding hydrogens is 290 g/mol. The van der Waals surface area contributed by atoms with E-state index in [1.807, 2.05) is 49.4 Å². The van der Waals surface area contributed by atoms with E-state index in [9.17, 15) is 4.79 Å². The van der Waals surface area contributed by atoms with Crippen molar-refractivity contribution < 1.29 is 9.53 Å². The van der Waals surface area contributed by atoms with Crippen LogP contribution >= 0.6 is 0 Å². The lowest BCUT2D eigenvalue weighted by Crippen LogP contribution is -2.19. The van der Waals surface area contributed by atoms with Gasteiger partial charge in [0.1, 0.15) is 5.75 Å². The number of hydrogen-bond donors (Lipinski definition) is 2. The Morgan fingerprint density at radius 3 is 2.83 bits per heavy atom. The Kier molecular flexibility index (Phi) is 4.38. The van der Waals surface area contributed by atoms with Crippen molar-refractivity contribution in [3.8, 4) is 5.75 Å². The van der Waals surface area contributed by atoms with Crippen molar-refractivity contribution in [2.24, 2.45) is 0 Å². The number of benzene rings is 2. The van der Waals surface area contributed by atoms with E-state index < -0.39 is 0 Å². The molecule has 0 aliphatic carbocycles. The van der Waals surface area contributed by atoms with Crippen molar-refractivity contribution in [3.05, 3.63) is 60.8 Å². The number of rotatable bonds is 4. The molecule has 2 aromatic carbocycles. The van der Waals surface area contributed by atoms with Gasteiger partial charge in [-0.2, -0.15) is 0 Å². The number of ether oxygens (including phenoxy) is 1. The molecule has 2 amide bonds.